The third kappa shape index (κ3) is 2.83. The van der Waals surface area contributed by atoms with Crippen molar-refractivity contribution in [2.45, 2.75) is 19.9 Å². The Morgan fingerprint density at radius 2 is 2.31 bits per heavy atom. The average molecular weight is 197 g/mol. The number of allylic oxidation sites excluding steroid dienone is 1. The van der Waals surface area contributed by atoms with Crippen LogP contribution in [0.4, 0.5) is 0 Å². The van der Waals surface area contributed by atoms with Crippen LogP contribution >= 0.6 is 11.6 Å². The second kappa shape index (κ2) is 4.40. The van der Waals surface area contributed by atoms with E-state index in [0.29, 0.717) is 5.02 Å². The zero-order valence-corrected chi connectivity index (χ0v) is 8.55. The van der Waals surface area contributed by atoms with Gasteiger partial charge in [0.15, 0.2) is 0 Å². The van der Waals surface area contributed by atoms with Crippen molar-refractivity contribution in [2.75, 3.05) is 0 Å². The molecule has 1 unspecified atom stereocenters. The number of hydrogen-bond acceptors (Lipinski definition) is 2. The fraction of sp³-hybridized carbons (Fsp3) is 0.300. The van der Waals surface area contributed by atoms with E-state index in [-0.39, 0.29) is 6.04 Å². The number of halogens is 1. The molecule has 0 fully saturated rings. The standard InChI is InChI=1S/C10H13ClN2/c1-7(2)5-10(12)8-3-4-13-6-9(8)11/h3-6,10H,12H2,1-2H3. The lowest BCUT2D eigenvalue weighted by Gasteiger charge is -2.08. The fourth-order valence-electron chi connectivity index (χ4n) is 1.11. The Morgan fingerprint density at radius 1 is 1.62 bits per heavy atom. The van der Waals surface area contributed by atoms with Gasteiger partial charge in [0.1, 0.15) is 0 Å². The van der Waals surface area contributed by atoms with E-state index >= 15 is 0 Å². The smallest absolute Gasteiger partial charge is 0.0640 e. The summed E-state index contributed by atoms with van der Waals surface area (Å²) in [4.78, 5) is 3.90. The van der Waals surface area contributed by atoms with E-state index in [9.17, 15) is 0 Å². The van der Waals surface area contributed by atoms with Crippen LogP contribution in [0, 0.1) is 0 Å². The Morgan fingerprint density at radius 3 is 2.85 bits per heavy atom. The number of pyridine rings is 1. The first-order chi connectivity index (χ1) is 6.11. The van der Waals surface area contributed by atoms with Gasteiger partial charge in [-0.2, -0.15) is 0 Å². The van der Waals surface area contributed by atoms with Gasteiger partial charge in [0, 0.05) is 18.4 Å². The maximum atomic E-state index is 5.93. The molecule has 3 heteroatoms. The summed E-state index contributed by atoms with van der Waals surface area (Å²) in [6, 6.07) is 1.70. The molecule has 0 saturated carbocycles. The van der Waals surface area contributed by atoms with Gasteiger partial charge in [-0.15, -0.1) is 0 Å². The summed E-state index contributed by atoms with van der Waals surface area (Å²) < 4.78 is 0. The van der Waals surface area contributed by atoms with Gasteiger partial charge in [-0.3, -0.25) is 4.98 Å². The molecule has 0 aliphatic heterocycles. The van der Waals surface area contributed by atoms with Crippen molar-refractivity contribution in [3.8, 4) is 0 Å². The summed E-state index contributed by atoms with van der Waals surface area (Å²) in [6.07, 6.45) is 5.27. The van der Waals surface area contributed by atoms with E-state index in [2.05, 4.69) is 4.98 Å². The Labute approximate surface area is 83.4 Å². The summed E-state index contributed by atoms with van der Waals surface area (Å²) in [5, 5.41) is 0.618. The normalized spacial score (nSPS) is 12.3. The molecule has 1 aromatic heterocycles. The van der Waals surface area contributed by atoms with Crippen molar-refractivity contribution >= 4 is 11.6 Å². The number of aromatic nitrogens is 1. The van der Waals surface area contributed by atoms with Crippen LogP contribution in [0.1, 0.15) is 25.5 Å². The predicted molar refractivity (Wildman–Crippen MR) is 55.6 cm³/mol. The van der Waals surface area contributed by atoms with Gasteiger partial charge < -0.3 is 5.73 Å². The highest BCUT2D eigenvalue weighted by molar-refractivity contribution is 6.31. The van der Waals surface area contributed by atoms with Gasteiger partial charge in [0.25, 0.3) is 0 Å². The lowest BCUT2D eigenvalue weighted by Crippen LogP contribution is -2.08. The van der Waals surface area contributed by atoms with Crippen LogP contribution in [0.25, 0.3) is 0 Å². The second-order valence-electron chi connectivity index (χ2n) is 3.17. The maximum Gasteiger partial charge on any atom is 0.0640 e. The molecule has 70 valence electrons. The Bertz CT molecular complexity index is 316. The molecule has 1 atom stereocenters. The van der Waals surface area contributed by atoms with E-state index in [1.165, 1.54) is 5.57 Å². The van der Waals surface area contributed by atoms with E-state index in [4.69, 9.17) is 17.3 Å². The van der Waals surface area contributed by atoms with Gasteiger partial charge >= 0.3 is 0 Å². The third-order valence-electron chi connectivity index (χ3n) is 1.68. The topological polar surface area (TPSA) is 38.9 Å². The Balaban J connectivity index is 2.95. The molecule has 1 aromatic rings. The molecular weight excluding hydrogens is 184 g/mol. The number of hydrogen-bond donors (Lipinski definition) is 1. The maximum absolute atomic E-state index is 5.93. The van der Waals surface area contributed by atoms with E-state index in [1.807, 2.05) is 26.0 Å². The van der Waals surface area contributed by atoms with Crippen molar-refractivity contribution in [1.82, 2.24) is 4.98 Å². The molecule has 0 amide bonds. The zero-order valence-electron chi connectivity index (χ0n) is 7.79. The Kier molecular flexibility index (Phi) is 3.46. The molecule has 13 heavy (non-hydrogen) atoms. The molecule has 1 rings (SSSR count). The van der Waals surface area contributed by atoms with Crippen molar-refractivity contribution in [3.05, 3.63) is 40.7 Å². The van der Waals surface area contributed by atoms with Gasteiger partial charge in [0.2, 0.25) is 0 Å². The van der Waals surface area contributed by atoms with Gasteiger partial charge in [0.05, 0.1) is 5.02 Å². The van der Waals surface area contributed by atoms with Crippen LogP contribution in [0.5, 0.6) is 0 Å². The molecule has 0 aliphatic carbocycles. The van der Waals surface area contributed by atoms with Crippen LogP contribution in [0.2, 0.25) is 5.02 Å². The SMILES string of the molecule is CC(C)=CC(N)c1ccncc1Cl. The molecule has 0 spiro atoms. The minimum Gasteiger partial charge on any atom is -0.321 e. The van der Waals surface area contributed by atoms with Crippen LogP contribution in [0.15, 0.2) is 30.1 Å². The summed E-state index contributed by atoms with van der Waals surface area (Å²) in [5.74, 6) is 0. The molecule has 0 aromatic carbocycles. The highest BCUT2D eigenvalue weighted by Gasteiger charge is 2.06. The summed E-state index contributed by atoms with van der Waals surface area (Å²) in [5.41, 5.74) is 8.00. The van der Waals surface area contributed by atoms with Crippen molar-refractivity contribution in [3.63, 3.8) is 0 Å². The Hall–Kier alpha value is -0.860. The molecule has 0 aliphatic rings. The monoisotopic (exact) mass is 196 g/mol. The number of nitrogens with two attached hydrogens (primary N) is 1. The second-order valence-corrected chi connectivity index (χ2v) is 3.57. The lowest BCUT2D eigenvalue weighted by atomic mass is 10.1. The zero-order chi connectivity index (χ0) is 9.84. The van der Waals surface area contributed by atoms with Gasteiger partial charge in [-0.05, 0) is 25.5 Å². The van der Waals surface area contributed by atoms with Crippen LogP contribution in [-0.4, -0.2) is 4.98 Å². The van der Waals surface area contributed by atoms with E-state index in [1.54, 1.807) is 12.4 Å². The summed E-state index contributed by atoms with van der Waals surface area (Å²) in [6.45, 7) is 4.02. The first-order valence-electron chi connectivity index (χ1n) is 4.11. The van der Waals surface area contributed by atoms with Crippen molar-refractivity contribution < 1.29 is 0 Å². The summed E-state index contributed by atoms with van der Waals surface area (Å²) in [7, 11) is 0. The number of nitrogens with zero attached hydrogens (tertiary/aromatic N) is 1. The molecule has 2 N–H and O–H groups in total. The van der Waals surface area contributed by atoms with E-state index in [0.717, 1.165) is 5.56 Å². The van der Waals surface area contributed by atoms with Gasteiger partial charge in [-0.1, -0.05) is 23.3 Å². The number of rotatable bonds is 2. The fourth-order valence-corrected chi connectivity index (χ4v) is 1.35. The minimum absolute atomic E-state index is 0.138. The molecule has 0 radical (unpaired) electrons. The molecule has 2 nitrogen and oxygen atoms in total. The van der Waals surface area contributed by atoms with Gasteiger partial charge in [-0.25, -0.2) is 0 Å². The quantitative estimate of drug-likeness (QED) is 0.739. The van der Waals surface area contributed by atoms with Crippen molar-refractivity contribution in [1.29, 1.82) is 0 Å². The summed E-state index contributed by atoms with van der Waals surface area (Å²) >= 11 is 5.93. The van der Waals surface area contributed by atoms with Crippen molar-refractivity contribution in [2.24, 2.45) is 5.73 Å². The first-order valence-corrected chi connectivity index (χ1v) is 4.49. The third-order valence-corrected chi connectivity index (χ3v) is 1.99. The highest BCUT2D eigenvalue weighted by Crippen LogP contribution is 2.21. The molecule has 1 heterocycles. The first kappa shape index (κ1) is 10.2. The van der Waals surface area contributed by atoms with Crippen LogP contribution in [-0.2, 0) is 0 Å². The van der Waals surface area contributed by atoms with E-state index < -0.39 is 0 Å². The highest BCUT2D eigenvalue weighted by atomic mass is 35.5. The predicted octanol–water partition coefficient (Wildman–Crippen LogP) is 2.70. The minimum atomic E-state index is -0.138. The van der Waals surface area contributed by atoms with Crippen LogP contribution in [0.3, 0.4) is 0 Å². The molecular formula is C10H13ClN2. The van der Waals surface area contributed by atoms with Crippen LogP contribution < -0.4 is 5.73 Å². The largest absolute Gasteiger partial charge is 0.321 e. The molecule has 0 saturated heterocycles. The molecule has 0 bridgehead atoms. The lowest BCUT2D eigenvalue weighted by molar-refractivity contribution is 0.895. The average Bonchev–Trinajstić information content (AvgIpc) is 2.03.